The van der Waals surface area contributed by atoms with E-state index >= 15 is 0 Å². The van der Waals surface area contributed by atoms with Gasteiger partial charge in [-0.3, -0.25) is 4.79 Å². The molecule has 26 heavy (non-hydrogen) atoms. The van der Waals surface area contributed by atoms with E-state index in [4.69, 9.17) is 14.2 Å². The van der Waals surface area contributed by atoms with Gasteiger partial charge in [0.25, 0.3) is 5.91 Å². The highest BCUT2D eigenvalue weighted by atomic mass is 16.5. The molecule has 0 aromatic heterocycles. The van der Waals surface area contributed by atoms with Gasteiger partial charge in [0.15, 0.2) is 11.5 Å². The largest absolute Gasteiger partial charge is 0.494 e. The first-order valence-corrected chi connectivity index (χ1v) is 8.55. The van der Waals surface area contributed by atoms with Crippen molar-refractivity contribution in [1.29, 1.82) is 0 Å². The van der Waals surface area contributed by atoms with Crippen molar-refractivity contribution >= 4 is 12.1 Å². The summed E-state index contributed by atoms with van der Waals surface area (Å²) in [6.07, 6.45) is 2.49. The van der Waals surface area contributed by atoms with Crippen LogP contribution in [0.1, 0.15) is 36.2 Å². The maximum Gasteiger partial charge on any atom is 0.271 e. The molecule has 0 atom stereocenters. The van der Waals surface area contributed by atoms with Gasteiger partial charge in [0.1, 0.15) is 5.75 Å². The van der Waals surface area contributed by atoms with Crippen molar-refractivity contribution in [2.24, 2.45) is 5.10 Å². The Morgan fingerprint density at radius 3 is 2.50 bits per heavy atom. The molecule has 1 amide bonds. The number of hydrogen-bond donors (Lipinski definition) is 1. The minimum Gasteiger partial charge on any atom is -0.494 e. The number of carbonyl (C=O) groups is 1. The lowest BCUT2D eigenvalue weighted by Gasteiger charge is -2.09. The number of benzene rings is 2. The lowest BCUT2D eigenvalue weighted by atomic mass is 10.2. The van der Waals surface area contributed by atoms with Crippen LogP contribution >= 0.6 is 0 Å². The molecule has 0 saturated carbocycles. The molecule has 0 aliphatic carbocycles. The molecule has 0 fully saturated rings. The van der Waals surface area contributed by atoms with E-state index in [0.717, 1.165) is 17.7 Å². The molecular weight excluding hydrogens is 332 g/mol. The van der Waals surface area contributed by atoms with Gasteiger partial charge >= 0.3 is 0 Å². The Morgan fingerprint density at radius 1 is 1.08 bits per heavy atom. The minimum atomic E-state index is -0.290. The van der Waals surface area contributed by atoms with Crippen LogP contribution in [0.4, 0.5) is 0 Å². The summed E-state index contributed by atoms with van der Waals surface area (Å²) in [5.41, 5.74) is 3.81. The molecule has 6 nitrogen and oxygen atoms in total. The van der Waals surface area contributed by atoms with E-state index in [1.165, 1.54) is 0 Å². The zero-order valence-corrected chi connectivity index (χ0v) is 15.3. The van der Waals surface area contributed by atoms with Crippen molar-refractivity contribution in [3.8, 4) is 17.2 Å². The van der Waals surface area contributed by atoms with Gasteiger partial charge in [0, 0.05) is 5.56 Å². The Kier molecular flexibility index (Phi) is 7.49. The summed E-state index contributed by atoms with van der Waals surface area (Å²) in [6.45, 7) is 5.13. The third-order valence-electron chi connectivity index (χ3n) is 3.46. The predicted molar refractivity (Wildman–Crippen MR) is 101 cm³/mol. The Hall–Kier alpha value is -3.02. The first-order chi connectivity index (χ1) is 12.7. The van der Waals surface area contributed by atoms with Crippen LogP contribution in [0.3, 0.4) is 0 Å². The summed E-state index contributed by atoms with van der Waals surface area (Å²) in [5.74, 6) is 1.74. The fourth-order valence-corrected chi connectivity index (χ4v) is 2.19. The third-order valence-corrected chi connectivity index (χ3v) is 3.46. The summed E-state index contributed by atoms with van der Waals surface area (Å²) in [5, 5.41) is 3.99. The Labute approximate surface area is 153 Å². The van der Waals surface area contributed by atoms with Crippen molar-refractivity contribution in [2.45, 2.75) is 20.3 Å². The second kappa shape index (κ2) is 10.1. The van der Waals surface area contributed by atoms with Gasteiger partial charge in [-0.1, -0.05) is 6.92 Å². The average Bonchev–Trinajstić information content (AvgIpc) is 2.67. The Morgan fingerprint density at radius 2 is 1.85 bits per heavy atom. The molecule has 0 radical (unpaired) electrons. The Bertz CT molecular complexity index is 742. The van der Waals surface area contributed by atoms with Crippen molar-refractivity contribution in [1.82, 2.24) is 5.43 Å². The van der Waals surface area contributed by atoms with Crippen LogP contribution in [0.2, 0.25) is 0 Å². The molecule has 0 unspecified atom stereocenters. The molecule has 6 heteroatoms. The molecule has 2 aromatic rings. The lowest BCUT2D eigenvalue weighted by molar-refractivity contribution is 0.0955. The maximum absolute atomic E-state index is 12.1. The van der Waals surface area contributed by atoms with Gasteiger partial charge in [-0.15, -0.1) is 0 Å². The quantitative estimate of drug-likeness (QED) is 0.550. The SMILES string of the molecule is CCCOc1ccc(C(=O)N/N=C\c2ccc(OC)c(OCC)c2)cc1. The molecule has 0 bridgehead atoms. The van der Waals surface area contributed by atoms with Crippen LogP contribution in [-0.4, -0.2) is 32.4 Å². The molecule has 2 rings (SSSR count). The van der Waals surface area contributed by atoms with Crippen LogP contribution in [-0.2, 0) is 0 Å². The zero-order chi connectivity index (χ0) is 18.8. The van der Waals surface area contributed by atoms with E-state index in [1.807, 2.05) is 19.9 Å². The van der Waals surface area contributed by atoms with Crippen LogP contribution in [0.5, 0.6) is 17.2 Å². The van der Waals surface area contributed by atoms with E-state index in [1.54, 1.807) is 49.7 Å². The fourth-order valence-electron chi connectivity index (χ4n) is 2.19. The van der Waals surface area contributed by atoms with Gasteiger partial charge in [-0.2, -0.15) is 5.10 Å². The molecule has 1 N–H and O–H groups in total. The summed E-state index contributed by atoms with van der Waals surface area (Å²) in [4.78, 5) is 12.1. The van der Waals surface area contributed by atoms with Crippen LogP contribution in [0.25, 0.3) is 0 Å². The molecular formula is C20H24N2O4. The second-order valence-corrected chi connectivity index (χ2v) is 5.42. The number of nitrogens with one attached hydrogen (secondary N) is 1. The van der Waals surface area contributed by atoms with E-state index in [-0.39, 0.29) is 5.91 Å². The highest BCUT2D eigenvalue weighted by molar-refractivity contribution is 5.95. The number of carbonyl (C=O) groups excluding carboxylic acids is 1. The van der Waals surface area contributed by atoms with Crippen molar-refractivity contribution in [3.63, 3.8) is 0 Å². The van der Waals surface area contributed by atoms with Crippen molar-refractivity contribution in [2.75, 3.05) is 20.3 Å². The zero-order valence-electron chi connectivity index (χ0n) is 15.3. The number of hydrogen-bond acceptors (Lipinski definition) is 5. The number of rotatable bonds is 9. The number of methoxy groups -OCH3 is 1. The average molecular weight is 356 g/mol. The number of ether oxygens (including phenoxy) is 3. The van der Waals surface area contributed by atoms with Crippen LogP contribution in [0, 0.1) is 0 Å². The van der Waals surface area contributed by atoms with E-state index in [2.05, 4.69) is 10.5 Å². The third kappa shape index (κ3) is 5.51. The molecule has 0 aliphatic rings. The van der Waals surface area contributed by atoms with Crippen molar-refractivity contribution in [3.05, 3.63) is 53.6 Å². The maximum atomic E-state index is 12.1. The van der Waals surface area contributed by atoms with Gasteiger partial charge in [-0.05, 0) is 61.4 Å². The Balaban J connectivity index is 1.97. The monoisotopic (exact) mass is 356 g/mol. The van der Waals surface area contributed by atoms with Gasteiger partial charge < -0.3 is 14.2 Å². The van der Waals surface area contributed by atoms with Gasteiger partial charge in [0.05, 0.1) is 26.5 Å². The molecule has 0 aliphatic heterocycles. The molecule has 0 saturated heterocycles. The van der Waals surface area contributed by atoms with Crippen molar-refractivity contribution < 1.29 is 19.0 Å². The normalized spacial score (nSPS) is 10.6. The fraction of sp³-hybridized carbons (Fsp3) is 0.300. The summed E-state index contributed by atoms with van der Waals surface area (Å²) >= 11 is 0. The number of amides is 1. The van der Waals surface area contributed by atoms with Gasteiger partial charge in [0.2, 0.25) is 0 Å². The van der Waals surface area contributed by atoms with E-state index < -0.39 is 0 Å². The summed E-state index contributed by atoms with van der Waals surface area (Å²) in [6, 6.07) is 12.4. The highest BCUT2D eigenvalue weighted by Gasteiger charge is 2.06. The van der Waals surface area contributed by atoms with E-state index in [0.29, 0.717) is 30.3 Å². The van der Waals surface area contributed by atoms with Crippen LogP contribution in [0.15, 0.2) is 47.6 Å². The molecule has 0 heterocycles. The molecule has 2 aromatic carbocycles. The molecule has 138 valence electrons. The molecule has 0 spiro atoms. The predicted octanol–water partition coefficient (Wildman–Crippen LogP) is 3.65. The highest BCUT2D eigenvalue weighted by Crippen LogP contribution is 2.27. The first kappa shape index (κ1) is 19.3. The summed E-state index contributed by atoms with van der Waals surface area (Å²) < 4.78 is 16.3. The second-order valence-electron chi connectivity index (χ2n) is 5.42. The van der Waals surface area contributed by atoms with E-state index in [9.17, 15) is 4.79 Å². The number of hydrazone groups is 1. The lowest BCUT2D eigenvalue weighted by Crippen LogP contribution is -2.17. The van der Waals surface area contributed by atoms with Gasteiger partial charge in [-0.25, -0.2) is 5.43 Å². The first-order valence-electron chi connectivity index (χ1n) is 8.55. The smallest absolute Gasteiger partial charge is 0.271 e. The summed E-state index contributed by atoms with van der Waals surface area (Å²) in [7, 11) is 1.59. The van der Waals surface area contributed by atoms with Crippen LogP contribution < -0.4 is 19.6 Å². The minimum absolute atomic E-state index is 0.290. The standard InChI is InChI=1S/C20H24N2O4/c1-4-12-26-17-9-7-16(8-10-17)20(23)22-21-14-15-6-11-18(24-3)19(13-15)25-5-2/h6-11,13-14H,4-5,12H2,1-3H3,(H,22,23)/b21-14-. The topological polar surface area (TPSA) is 69.2 Å². The number of nitrogens with zero attached hydrogens (tertiary/aromatic N) is 1.